The third-order valence-corrected chi connectivity index (χ3v) is 2.94. The second-order valence-corrected chi connectivity index (χ2v) is 3.85. The molecule has 1 saturated heterocycles. The number of hydrogen-bond acceptors (Lipinski definition) is 2. The Morgan fingerprint density at radius 1 is 1.42 bits per heavy atom. The van der Waals surface area contributed by atoms with Gasteiger partial charge in [-0.3, -0.25) is 0 Å². The van der Waals surface area contributed by atoms with E-state index in [0.29, 0.717) is 24.9 Å². The van der Waals surface area contributed by atoms with Crippen LogP contribution in [-0.4, -0.2) is 24.1 Å². The zero-order valence-corrected chi connectivity index (χ0v) is 6.95. The summed E-state index contributed by atoms with van der Waals surface area (Å²) in [6, 6.07) is 0. The summed E-state index contributed by atoms with van der Waals surface area (Å²) in [7, 11) is 0. The van der Waals surface area contributed by atoms with Gasteiger partial charge in [0.15, 0.2) is 0 Å². The molecule has 0 aromatic heterocycles. The summed E-state index contributed by atoms with van der Waals surface area (Å²) in [5.74, 6) is 1.05. The Morgan fingerprint density at radius 3 is 2.33 bits per heavy atom. The highest BCUT2D eigenvalue weighted by Crippen LogP contribution is 2.39. The number of hydrogen-bond donors (Lipinski definition) is 0. The smallest absolute Gasteiger partial charge is 0.136 e. The Labute approximate surface area is 71.7 Å². The lowest BCUT2D eigenvalue weighted by Crippen LogP contribution is -2.40. The summed E-state index contributed by atoms with van der Waals surface area (Å²) in [5, 5.41) is 10.5. The van der Waals surface area contributed by atoms with Crippen molar-refractivity contribution in [3.8, 4) is 0 Å². The largest absolute Gasteiger partial charge is 0.530 e. The molecule has 0 bridgehead atoms. The highest BCUT2D eigenvalue weighted by molar-refractivity contribution is 5.63. The van der Waals surface area contributed by atoms with Crippen molar-refractivity contribution in [1.29, 1.82) is 0 Å². The summed E-state index contributed by atoms with van der Waals surface area (Å²) >= 11 is 0. The van der Waals surface area contributed by atoms with E-state index in [9.17, 15) is 9.90 Å². The molecule has 2 rings (SSSR count). The molecule has 1 saturated carbocycles. The van der Waals surface area contributed by atoms with Crippen LogP contribution in [0.2, 0.25) is 0 Å². The summed E-state index contributed by atoms with van der Waals surface area (Å²) in [6.07, 6.45) is 0.998. The minimum absolute atomic E-state index is 0.524. The molecule has 0 aromatic carbocycles. The van der Waals surface area contributed by atoms with E-state index in [-0.39, 0.29) is 0 Å². The molecule has 12 heavy (non-hydrogen) atoms. The molecule has 1 amide bonds. The molecule has 0 spiro atoms. The van der Waals surface area contributed by atoms with Crippen LogP contribution in [0.4, 0.5) is 4.79 Å². The van der Waals surface area contributed by atoms with Crippen molar-refractivity contribution in [3.05, 3.63) is 12.2 Å². The fourth-order valence-corrected chi connectivity index (χ4v) is 2.38. The fourth-order valence-electron chi connectivity index (χ4n) is 2.38. The first kappa shape index (κ1) is 7.65. The molecule has 0 radical (unpaired) electrons. The molecule has 0 unspecified atom stereocenters. The summed E-state index contributed by atoms with van der Waals surface area (Å²) < 4.78 is 0. The Hall–Kier alpha value is -0.990. The van der Waals surface area contributed by atoms with Gasteiger partial charge in [0.1, 0.15) is 6.09 Å². The average molecular weight is 166 g/mol. The summed E-state index contributed by atoms with van der Waals surface area (Å²) in [5.41, 5.74) is 1.28. The molecule has 2 aliphatic rings. The summed E-state index contributed by atoms with van der Waals surface area (Å²) in [6.45, 7) is 5.24. The zero-order valence-electron chi connectivity index (χ0n) is 6.95. The Balaban J connectivity index is 2.02. The minimum atomic E-state index is -1.02. The number of amides is 1. The van der Waals surface area contributed by atoms with Crippen LogP contribution in [0.15, 0.2) is 12.2 Å². The van der Waals surface area contributed by atoms with E-state index in [2.05, 4.69) is 6.58 Å². The number of nitrogens with zero attached hydrogens (tertiary/aromatic N) is 1. The van der Waals surface area contributed by atoms with E-state index in [1.807, 2.05) is 0 Å². The van der Waals surface area contributed by atoms with Gasteiger partial charge in [0.2, 0.25) is 0 Å². The molecule has 1 aliphatic heterocycles. The van der Waals surface area contributed by atoms with Gasteiger partial charge in [-0.05, 0) is 24.7 Å². The van der Waals surface area contributed by atoms with Gasteiger partial charge in [0, 0.05) is 13.1 Å². The van der Waals surface area contributed by atoms with Gasteiger partial charge in [-0.15, -0.1) is 0 Å². The van der Waals surface area contributed by atoms with Crippen molar-refractivity contribution in [3.63, 3.8) is 0 Å². The second kappa shape index (κ2) is 2.51. The van der Waals surface area contributed by atoms with E-state index >= 15 is 0 Å². The molecule has 0 aromatic rings. The maximum atomic E-state index is 10.5. The van der Waals surface area contributed by atoms with Gasteiger partial charge in [-0.25, -0.2) is 0 Å². The van der Waals surface area contributed by atoms with Crippen molar-refractivity contribution in [2.75, 3.05) is 13.1 Å². The quantitative estimate of drug-likeness (QED) is 0.483. The lowest BCUT2D eigenvalue weighted by molar-refractivity contribution is -0.264. The van der Waals surface area contributed by atoms with E-state index in [0.717, 1.165) is 12.8 Å². The number of fused-ring (bicyclic) bond motifs is 1. The van der Waals surface area contributed by atoms with Crippen molar-refractivity contribution in [1.82, 2.24) is 4.90 Å². The average Bonchev–Trinajstić information content (AvgIpc) is 2.42. The molecular formula is C9H12NO2-. The third-order valence-electron chi connectivity index (χ3n) is 2.94. The van der Waals surface area contributed by atoms with E-state index in [1.165, 1.54) is 10.5 Å². The SMILES string of the molecule is C=C1C[C@@H]2CN(C(=O)[O-])C[C@@H]2C1. The molecule has 1 aliphatic carbocycles. The van der Waals surface area contributed by atoms with Crippen LogP contribution in [0.3, 0.4) is 0 Å². The maximum Gasteiger partial charge on any atom is 0.136 e. The van der Waals surface area contributed by atoms with Gasteiger partial charge in [-0.2, -0.15) is 0 Å². The predicted octanol–water partition coefficient (Wildman–Crippen LogP) is 0.228. The van der Waals surface area contributed by atoms with Crippen LogP contribution in [-0.2, 0) is 0 Å². The van der Waals surface area contributed by atoms with Crippen LogP contribution in [0.25, 0.3) is 0 Å². The zero-order chi connectivity index (χ0) is 8.72. The molecule has 2 atom stereocenters. The molecule has 0 N–H and O–H groups in total. The van der Waals surface area contributed by atoms with E-state index in [1.54, 1.807) is 0 Å². The number of carbonyl (C=O) groups excluding carboxylic acids is 1. The fraction of sp³-hybridized carbons (Fsp3) is 0.667. The molecule has 3 nitrogen and oxygen atoms in total. The first-order chi connectivity index (χ1) is 5.66. The highest BCUT2D eigenvalue weighted by atomic mass is 16.4. The molecule has 66 valence electrons. The van der Waals surface area contributed by atoms with Gasteiger partial charge < -0.3 is 14.8 Å². The van der Waals surface area contributed by atoms with Crippen molar-refractivity contribution < 1.29 is 9.90 Å². The first-order valence-corrected chi connectivity index (χ1v) is 4.29. The number of carbonyl (C=O) groups is 1. The van der Waals surface area contributed by atoms with Crippen LogP contribution in [0.1, 0.15) is 12.8 Å². The Morgan fingerprint density at radius 2 is 1.92 bits per heavy atom. The van der Waals surface area contributed by atoms with Crippen molar-refractivity contribution in [2.24, 2.45) is 11.8 Å². The Bertz CT molecular complexity index is 221. The number of likely N-dealkylation sites (tertiary alicyclic amines) is 1. The van der Waals surface area contributed by atoms with Crippen LogP contribution >= 0.6 is 0 Å². The maximum absolute atomic E-state index is 10.5. The summed E-state index contributed by atoms with van der Waals surface area (Å²) in [4.78, 5) is 11.9. The standard InChI is InChI=1S/C9H13NO2/c1-6-2-7-4-10(9(11)12)5-8(7)3-6/h7-8H,1-5H2,(H,11,12)/p-1/t7-,8+. The van der Waals surface area contributed by atoms with Gasteiger partial charge >= 0.3 is 0 Å². The van der Waals surface area contributed by atoms with Crippen molar-refractivity contribution >= 4 is 6.09 Å². The van der Waals surface area contributed by atoms with E-state index < -0.39 is 6.09 Å². The predicted molar refractivity (Wildman–Crippen MR) is 42.3 cm³/mol. The van der Waals surface area contributed by atoms with Gasteiger partial charge in [-0.1, -0.05) is 12.2 Å². The lowest BCUT2D eigenvalue weighted by Gasteiger charge is -2.19. The minimum Gasteiger partial charge on any atom is -0.530 e. The highest BCUT2D eigenvalue weighted by Gasteiger charge is 2.37. The second-order valence-electron chi connectivity index (χ2n) is 3.85. The Kier molecular flexibility index (Phi) is 1.60. The first-order valence-electron chi connectivity index (χ1n) is 4.29. The van der Waals surface area contributed by atoms with E-state index in [4.69, 9.17) is 0 Å². The molecule has 1 heterocycles. The van der Waals surface area contributed by atoms with Crippen LogP contribution < -0.4 is 5.11 Å². The number of carboxylic acid groups (broad SMARTS) is 1. The topological polar surface area (TPSA) is 43.4 Å². The molecule has 3 heteroatoms. The molecular weight excluding hydrogens is 154 g/mol. The van der Waals surface area contributed by atoms with Crippen LogP contribution in [0, 0.1) is 11.8 Å². The van der Waals surface area contributed by atoms with Gasteiger partial charge in [0.05, 0.1) is 0 Å². The number of allylic oxidation sites excluding steroid dienone is 1. The number of rotatable bonds is 0. The van der Waals surface area contributed by atoms with Crippen LogP contribution in [0.5, 0.6) is 0 Å². The monoisotopic (exact) mass is 166 g/mol. The molecule has 2 fully saturated rings. The lowest BCUT2D eigenvalue weighted by atomic mass is 10.0. The normalized spacial score (nSPS) is 34.0. The van der Waals surface area contributed by atoms with Crippen molar-refractivity contribution in [2.45, 2.75) is 12.8 Å². The van der Waals surface area contributed by atoms with Gasteiger partial charge in [0.25, 0.3) is 0 Å². The third kappa shape index (κ3) is 1.09.